The van der Waals surface area contributed by atoms with Crippen LogP contribution in [0, 0.1) is 0 Å². The molecule has 112 valence electrons. The predicted molar refractivity (Wildman–Crippen MR) is 90.7 cm³/mol. The zero-order valence-corrected chi connectivity index (χ0v) is 14.4. The highest BCUT2D eigenvalue weighted by Gasteiger charge is 2.11. The fraction of sp³-hybridized carbons (Fsp3) is 0.333. The second-order valence-corrected chi connectivity index (χ2v) is 6.74. The number of rotatable bonds is 6. The molecule has 1 atom stereocenters. The lowest BCUT2D eigenvalue weighted by atomic mass is 10.3. The van der Waals surface area contributed by atoms with Crippen molar-refractivity contribution in [3.05, 3.63) is 44.8 Å². The highest BCUT2D eigenvalue weighted by atomic mass is 79.9. The first kappa shape index (κ1) is 16.1. The standard InChI is InChI=1S/C15H18BrN3OS/c1-3-13-8-18-15(21-13)10(2)17-9-14(20)19-12-6-4-5-11(16)7-12/h4-8,10,17H,3,9H2,1-2H3,(H,19,20). The number of nitrogens with zero attached hydrogens (tertiary/aromatic N) is 1. The molecule has 0 aliphatic rings. The summed E-state index contributed by atoms with van der Waals surface area (Å²) in [5, 5.41) is 7.07. The Hall–Kier alpha value is -1.24. The van der Waals surface area contributed by atoms with E-state index in [0.29, 0.717) is 0 Å². The average molecular weight is 368 g/mol. The second-order valence-electron chi connectivity index (χ2n) is 4.68. The first-order valence-electron chi connectivity index (χ1n) is 6.82. The summed E-state index contributed by atoms with van der Waals surface area (Å²) in [6.07, 6.45) is 2.90. The van der Waals surface area contributed by atoms with E-state index in [-0.39, 0.29) is 18.5 Å². The van der Waals surface area contributed by atoms with E-state index in [2.05, 4.69) is 38.5 Å². The van der Waals surface area contributed by atoms with Crippen molar-refractivity contribution in [2.75, 3.05) is 11.9 Å². The number of nitrogens with one attached hydrogen (secondary N) is 2. The number of halogens is 1. The number of amides is 1. The number of benzene rings is 1. The van der Waals surface area contributed by atoms with Crippen LogP contribution in [0.25, 0.3) is 0 Å². The lowest BCUT2D eigenvalue weighted by Gasteiger charge is -2.11. The molecule has 1 aromatic carbocycles. The summed E-state index contributed by atoms with van der Waals surface area (Å²) in [7, 11) is 0. The van der Waals surface area contributed by atoms with Crippen LogP contribution in [0.4, 0.5) is 5.69 Å². The number of hydrogen-bond acceptors (Lipinski definition) is 4. The van der Waals surface area contributed by atoms with Crippen molar-refractivity contribution < 1.29 is 4.79 Å². The molecule has 0 aliphatic heterocycles. The summed E-state index contributed by atoms with van der Waals surface area (Å²) >= 11 is 5.07. The molecule has 0 aliphatic carbocycles. The SMILES string of the molecule is CCc1cnc(C(C)NCC(=O)Nc2cccc(Br)c2)s1. The Bertz CT molecular complexity index is 614. The molecule has 0 fully saturated rings. The molecule has 4 nitrogen and oxygen atoms in total. The van der Waals surface area contributed by atoms with Gasteiger partial charge in [0.25, 0.3) is 0 Å². The monoisotopic (exact) mass is 367 g/mol. The van der Waals surface area contributed by atoms with Crippen LogP contribution >= 0.6 is 27.3 Å². The number of carbonyl (C=O) groups is 1. The Morgan fingerprint density at radius 3 is 2.95 bits per heavy atom. The van der Waals surface area contributed by atoms with Gasteiger partial charge in [-0.2, -0.15) is 0 Å². The molecule has 2 aromatic rings. The Morgan fingerprint density at radius 1 is 1.48 bits per heavy atom. The minimum atomic E-state index is -0.0628. The van der Waals surface area contributed by atoms with E-state index < -0.39 is 0 Å². The lowest BCUT2D eigenvalue weighted by Crippen LogP contribution is -2.30. The molecule has 0 bridgehead atoms. The van der Waals surface area contributed by atoms with E-state index in [4.69, 9.17) is 0 Å². The van der Waals surface area contributed by atoms with Gasteiger partial charge in [-0.05, 0) is 31.5 Å². The third-order valence-electron chi connectivity index (χ3n) is 2.97. The van der Waals surface area contributed by atoms with Crippen LogP contribution in [0.15, 0.2) is 34.9 Å². The lowest BCUT2D eigenvalue weighted by molar-refractivity contribution is -0.115. The molecular weight excluding hydrogens is 350 g/mol. The van der Waals surface area contributed by atoms with Crippen LogP contribution in [-0.4, -0.2) is 17.4 Å². The van der Waals surface area contributed by atoms with Gasteiger partial charge in [0.2, 0.25) is 5.91 Å². The number of thiazole rings is 1. The first-order chi connectivity index (χ1) is 10.1. The van der Waals surface area contributed by atoms with E-state index in [1.165, 1.54) is 4.88 Å². The third-order valence-corrected chi connectivity index (χ3v) is 4.79. The third kappa shape index (κ3) is 4.91. The van der Waals surface area contributed by atoms with Gasteiger partial charge in [0.15, 0.2) is 0 Å². The number of carbonyl (C=O) groups excluding carboxylic acids is 1. The van der Waals surface area contributed by atoms with Gasteiger partial charge in [0.05, 0.1) is 12.6 Å². The molecule has 2 N–H and O–H groups in total. The fourth-order valence-electron chi connectivity index (χ4n) is 1.79. The summed E-state index contributed by atoms with van der Waals surface area (Å²) in [4.78, 5) is 17.6. The number of anilines is 1. The maximum atomic E-state index is 11.9. The molecule has 21 heavy (non-hydrogen) atoms. The minimum Gasteiger partial charge on any atom is -0.325 e. The van der Waals surface area contributed by atoms with Crippen molar-refractivity contribution in [3.8, 4) is 0 Å². The maximum absolute atomic E-state index is 11.9. The van der Waals surface area contributed by atoms with Crippen LogP contribution in [0.2, 0.25) is 0 Å². The van der Waals surface area contributed by atoms with Crippen LogP contribution in [0.5, 0.6) is 0 Å². The molecule has 1 amide bonds. The summed E-state index contributed by atoms with van der Waals surface area (Å²) in [6, 6.07) is 7.61. The molecule has 1 aromatic heterocycles. The van der Waals surface area contributed by atoms with E-state index in [1.807, 2.05) is 37.4 Å². The van der Waals surface area contributed by atoms with Crippen molar-refractivity contribution in [2.24, 2.45) is 0 Å². The maximum Gasteiger partial charge on any atom is 0.238 e. The smallest absolute Gasteiger partial charge is 0.238 e. The summed E-state index contributed by atoms with van der Waals surface area (Å²) in [6.45, 7) is 4.39. The zero-order valence-electron chi connectivity index (χ0n) is 12.0. The van der Waals surface area contributed by atoms with E-state index in [0.717, 1.165) is 21.6 Å². The van der Waals surface area contributed by atoms with Crippen molar-refractivity contribution in [3.63, 3.8) is 0 Å². The van der Waals surface area contributed by atoms with Gasteiger partial charge in [-0.1, -0.05) is 28.9 Å². The number of aromatic nitrogens is 1. The van der Waals surface area contributed by atoms with Crippen LogP contribution < -0.4 is 10.6 Å². The number of hydrogen-bond donors (Lipinski definition) is 2. The highest BCUT2D eigenvalue weighted by molar-refractivity contribution is 9.10. The highest BCUT2D eigenvalue weighted by Crippen LogP contribution is 2.20. The Balaban J connectivity index is 1.83. The van der Waals surface area contributed by atoms with E-state index >= 15 is 0 Å². The second kappa shape index (κ2) is 7.68. The van der Waals surface area contributed by atoms with E-state index in [1.54, 1.807) is 11.3 Å². The van der Waals surface area contributed by atoms with E-state index in [9.17, 15) is 4.79 Å². The van der Waals surface area contributed by atoms with Gasteiger partial charge in [0.1, 0.15) is 5.01 Å². The fourth-order valence-corrected chi connectivity index (χ4v) is 3.07. The quantitative estimate of drug-likeness (QED) is 0.817. The van der Waals surface area contributed by atoms with Gasteiger partial charge >= 0.3 is 0 Å². The average Bonchev–Trinajstić information content (AvgIpc) is 2.94. The van der Waals surface area contributed by atoms with Gasteiger partial charge < -0.3 is 5.32 Å². The number of aryl methyl sites for hydroxylation is 1. The molecule has 1 unspecified atom stereocenters. The van der Waals surface area contributed by atoms with Crippen LogP contribution in [0.3, 0.4) is 0 Å². The summed E-state index contributed by atoms with van der Waals surface area (Å²) in [5.74, 6) is -0.0628. The molecule has 6 heteroatoms. The van der Waals surface area contributed by atoms with Gasteiger partial charge in [-0.25, -0.2) is 4.98 Å². The van der Waals surface area contributed by atoms with Crippen LogP contribution in [-0.2, 0) is 11.2 Å². The normalized spacial score (nSPS) is 12.1. The van der Waals surface area contributed by atoms with Crippen molar-refractivity contribution in [1.82, 2.24) is 10.3 Å². The molecule has 2 rings (SSSR count). The largest absolute Gasteiger partial charge is 0.325 e. The van der Waals surface area contributed by atoms with Crippen molar-refractivity contribution >= 4 is 38.9 Å². The Labute approximate surface area is 137 Å². The minimum absolute atomic E-state index is 0.0628. The molecule has 0 spiro atoms. The Morgan fingerprint density at radius 2 is 2.29 bits per heavy atom. The van der Waals surface area contributed by atoms with Gasteiger partial charge in [0, 0.05) is 21.2 Å². The molecule has 0 radical (unpaired) electrons. The summed E-state index contributed by atoms with van der Waals surface area (Å²) in [5.41, 5.74) is 0.784. The molecule has 1 heterocycles. The van der Waals surface area contributed by atoms with Crippen molar-refractivity contribution in [1.29, 1.82) is 0 Å². The topological polar surface area (TPSA) is 54.0 Å². The van der Waals surface area contributed by atoms with Crippen molar-refractivity contribution in [2.45, 2.75) is 26.3 Å². The predicted octanol–water partition coefficient (Wildman–Crippen LogP) is 3.76. The molecule has 0 saturated carbocycles. The van der Waals surface area contributed by atoms with Crippen LogP contribution in [0.1, 0.15) is 29.8 Å². The van der Waals surface area contributed by atoms with Gasteiger partial charge in [-0.15, -0.1) is 11.3 Å². The van der Waals surface area contributed by atoms with Gasteiger partial charge in [-0.3, -0.25) is 10.1 Å². The molecule has 0 saturated heterocycles. The Kier molecular flexibility index (Phi) is 5.90. The zero-order chi connectivity index (χ0) is 15.2. The molecular formula is C15H18BrN3OS. The summed E-state index contributed by atoms with van der Waals surface area (Å²) < 4.78 is 0.941. The first-order valence-corrected chi connectivity index (χ1v) is 8.43.